The molecule has 0 aromatic heterocycles. The number of esters is 1. The quantitative estimate of drug-likeness (QED) is 0.486. The molecule has 0 atom stereocenters. The number of hydrogen-bond acceptors (Lipinski definition) is 2. The van der Waals surface area contributed by atoms with Gasteiger partial charge in [-0.15, -0.1) is 0 Å². The van der Waals surface area contributed by atoms with Crippen LogP contribution in [-0.2, 0) is 9.53 Å². The van der Waals surface area contributed by atoms with E-state index < -0.39 is 24.4 Å². The topological polar surface area (TPSA) is 26.3 Å². The van der Waals surface area contributed by atoms with Gasteiger partial charge in [0.1, 0.15) is 0 Å². The van der Waals surface area contributed by atoms with Crippen LogP contribution in [-0.4, -0.2) is 18.0 Å². The highest BCUT2D eigenvalue weighted by atomic mass is 19.3. The van der Waals surface area contributed by atoms with Gasteiger partial charge in [-0.25, -0.2) is 4.79 Å². The molecule has 15 heavy (non-hydrogen) atoms. The van der Waals surface area contributed by atoms with E-state index in [4.69, 9.17) is 0 Å². The SMILES string of the molecule is CCCCCCC(F)(F)C(=O)OC(C)C. The van der Waals surface area contributed by atoms with Gasteiger partial charge < -0.3 is 4.74 Å². The summed E-state index contributed by atoms with van der Waals surface area (Å²) in [7, 11) is 0. The second kappa shape index (κ2) is 6.75. The summed E-state index contributed by atoms with van der Waals surface area (Å²) in [6, 6.07) is 0. The third-order valence-electron chi connectivity index (χ3n) is 1.99. The molecule has 0 aliphatic rings. The van der Waals surface area contributed by atoms with Crippen LogP contribution in [0.5, 0.6) is 0 Å². The molecule has 0 amide bonds. The van der Waals surface area contributed by atoms with Gasteiger partial charge in [0.05, 0.1) is 6.10 Å². The third-order valence-corrected chi connectivity index (χ3v) is 1.99. The Balaban J connectivity index is 3.88. The first-order chi connectivity index (χ1) is 6.90. The van der Waals surface area contributed by atoms with Crippen LogP contribution in [0.15, 0.2) is 0 Å². The fourth-order valence-electron chi connectivity index (χ4n) is 1.18. The van der Waals surface area contributed by atoms with Gasteiger partial charge in [-0.05, 0) is 20.3 Å². The summed E-state index contributed by atoms with van der Waals surface area (Å²) >= 11 is 0. The molecule has 0 spiro atoms. The molecule has 0 aromatic rings. The fraction of sp³-hybridized carbons (Fsp3) is 0.909. The highest BCUT2D eigenvalue weighted by Crippen LogP contribution is 2.24. The zero-order chi connectivity index (χ0) is 11.9. The van der Waals surface area contributed by atoms with Crippen molar-refractivity contribution in [1.29, 1.82) is 0 Å². The molecule has 0 bridgehead atoms. The number of halogens is 2. The van der Waals surface area contributed by atoms with Gasteiger partial charge in [0.2, 0.25) is 0 Å². The van der Waals surface area contributed by atoms with Gasteiger partial charge in [0.15, 0.2) is 0 Å². The number of unbranched alkanes of at least 4 members (excludes halogenated alkanes) is 3. The van der Waals surface area contributed by atoms with E-state index in [0.717, 1.165) is 19.3 Å². The molecule has 4 heteroatoms. The normalized spacial score (nSPS) is 11.9. The smallest absolute Gasteiger partial charge is 0.377 e. The molecule has 0 aromatic carbocycles. The number of hydrogen-bond donors (Lipinski definition) is 0. The Bertz CT molecular complexity index is 191. The Labute approximate surface area is 90.0 Å². The maximum atomic E-state index is 13.1. The average Bonchev–Trinajstić information content (AvgIpc) is 2.11. The molecule has 0 fully saturated rings. The number of rotatable bonds is 7. The van der Waals surface area contributed by atoms with Gasteiger partial charge in [0, 0.05) is 6.42 Å². The second-order valence-corrected chi connectivity index (χ2v) is 3.97. The Morgan fingerprint density at radius 1 is 1.27 bits per heavy atom. The Morgan fingerprint density at radius 3 is 2.33 bits per heavy atom. The van der Waals surface area contributed by atoms with Crippen molar-refractivity contribution in [2.24, 2.45) is 0 Å². The molecule has 90 valence electrons. The first-order valence-electron chi connectivity index (χ1n) is 5.49. The summed E-state index contributed by atoms with van der Waals surface area (Å²) in [6.07, 6.45) is 2.13. The lowest BCUT2D eigenvalue weighted by Gasteiger charge is -2.16. The summed E-state index contributed by atoms with van der Waals surface area (Å²) in [6.45, 7) is 5.13. The molecule has 0 heterocycles. The maximum absolute atomic E-state index is 13.1. The summed E-state index contributed by atoms with van der Waals surface area (Å²) in [5.74, 6) is -4.72. The van der Waals surface area contributed by atoms with Crippen LogP contribution in [0.3, 0.4) is 0 Å². The summed E-state index contributed by atoms with van der Waals surface area (Å²) in [4.78, 5) is 11.0. The monoisotopic (exact) mass is 222 g/mol. The summed E-state index contributed by atoms with van der Waals surface area (Å²) in [5, 5.41) is 0. The highest BCUT2D eigenvalue weighted by Gasteiger charge is 2.40. The van der Waals surface area contributed by atoms with Gasteiger partial charge in [-0.2, -0.15) is 8.78 Å². The van der Waals surface area contributed by atoms with E-state index in [1.807, 2.05) is 6.92 Å². The van der Waals surface area contributed by atoms with Crippen molar-refractivity contribution in [3.63, 3.8) is 0 Å². The van der Waals surface area contributed by atoms with Crippen molar-refractivity contribution < 1.29 is 18.3 Å². The largest absolute Gasteiger partial charge is 0.459 e. The molecule has 0 unspecified atom stereocenters. The number of alkyl halides is 2. The minimum absolute atomic E-state index is 0.369. The fourth-order valence-corrected chi connectivity index (χ4v) is 1.18. The minimum atomic E-state index is -3.32. The Kier molecular flexibility index (Phi) is 6.45. The molecule has 0 aliphatic carbocycles. The van der Waals surface area contributed by atoms with E-state index in [-0.39, 0.29) is 0 Å². The second-order valence-electron chi connectivity index (χ2n) is 3.97. The average molecular weight is 222 g/mol. The van der Waals surface area contributed by atoms with Crippen LogP contribution in [0, 0.1) is 0 Å². The standard InChI is InChI=1S/C11H20F2O2/c1-4-5-6-7-8-11(12,13)10(14)15-9(2)3/h9H,4-8H2,1-3H3. The number of carbonyl (C=O) groups excluding carboxylic acids is 1. The molecule has 0 radical (unpaired) electrons. The van der Waals surface area contributed by atoms with Crippen LogP contribution in [0.1, 0.15) is 52.9 Å². The third kappa shape index (κ3) is 6.42. The molecule has 0 aliphatic heterocycles. The number of ether oxygens (including phenoxy) is 1. The molecule has 2 nitrogen and oxygen atoms in total. The molecule has 0 rings (SSSR count). The van der Waals surface area contributed by atoms with E-state index in [9.17, 15) is 13.6 Å². The summed E-state index contributed by atoms with van der Waals surface area (Å²) < 4.78 is 30.7. The van der Waals surface area contributed by atoms with Crippen molar-refractivity contribution in [1.82, 2.24) is 0 Å². The van der Waals surface area contributed by atoms with Crippen LogP contribution >= 0.6 is 0 Å². The zero-order valence-electron chi connectivity index (χ0n) is 9.69. The molecular weight excluding hydrogens is 202 g/mol. The maximum Gasteiger partial charge on any atom is 0.377 e. The van der Waals surface area contributed by atoms with E-state index in [2.05, 4.69) is 4.74 Å². The van der Waals surface area contributed by atoms with Gasteiger partial charge in [0.25, 0.3) is 0 Å². The lowest BCUT2D eigenvalue weighted by molar-refractivity contribution is -0.177. The van der Waals surface area contributed by atoms with Crippen LogP contribution in [0.2, 0.25) is 0 Å². The van der Waals surface area contributed by atoms with Crippen molar-refractivity contribution in [3.05, 3.63) is 0 Å². The predicted octanol–water partition coefficient (Wildman–Crippen LogP) is 3.54. The Hall–Kier alpha value is -0.670. The lowest BCUT2D eigenvalue weighted by atomic mass is 10.1. The number of carbonyl (C=O) groups is 1. The van der Waals surface area contributed by atoms with E-state index in [0.29, 0.717) is 6.42 Å². The lowest BCUT2D eigenvalue weighted by Crippen LogP contribution is -2.32. The van der Waals surface area contributed by atoms with Crippen LogP contribution < -0.4 is 0 Å². The first kappa shape index (κ1) is 14.3. The van der Waals surface area contributed by atoms with Crippen molar-refractivity contribution in [3.8, 4) is 0 Å². The first-order valence-corrected chi connectivity index (χ1v) is 5.49. The highest BCUT2D eigenvalue weighted by molar-refractivity contribution is 5.77. The molecule has 0 saturated heterocycles. The van der Waals surface area contributed by atoms with E-state index >= 15 is 0 Å². The van der Waals surface area contributed by atoms with Gasteiger partial charge in [-0.3, -0.25) is 0 Å². The van der Waals surface area contributed by atoms with Crippen LogP contribution in [0.25, 0.3) is 0 Å². The minimum Gasteiger partial charge on any atom is -0.459 e. The van der Waals surface area contributed by atoms with Crippen molar-refractivity contribution >= 4 is 5.97 Å². The molecule has 0 N–H and O–H groups in total. The Morgan fingerprint density at radius 2 is 1.87 bits per heavy atom. The predicted molar refractivity (Wildman–Crippen MR) is 54.9 cm³/mol. The van der Waals surface area contributed by atoms with E-state index in [1.165, 1.54) is 0 Å². The summed E-state index contributed by atoms with van der Waals surface area (Å²) in [5.41, 5.74) is 0. The van der Waals surface area contributed by atoms with Crippen LogP contribution in [0.4, 0.5) is 8.78 Å². The van der Waals surface area contributed by atoms with Crippen molar-refractivity contribution in [2.45, 2.75) is 64.9 Å². The zero-order valence-corrected chi connectivity index (χ0v) is 9.69. The molecule has 0 saturated carbocycles. The van der Waals surface area contributed by atoms with Crippen molar-refractivity contribution in [2.75, 3.05) is 0 Å². The van der Waals surface area contributed by atoms with Gasteiger partial charge >= 0.3 is 11.9 Å². The molecular formula is C11H20F2O2. The van der Waals surface area contributed by atoms with E-state index in [1.54, 1.807) is 13.8 Å². The van der Waals surface area contributed by atoms with Gasteiger partial charge in [-0.1, -0.05) is 26.2 Å².